The van der Waals surface area contributed by atoms with Gasteiger partial charge in [-0.3, -0.25) is 4.79 Å². The molecule has 2 heterocycles. The van der Waals surface area contributed by atoms with Gasteiger partial charge in [-0.2, -0.15) is 0 Å². The lowest BCUT2D eigenvalue weighted by Gasteiger charge is -2.35. The van der Waals surface area contributed by atoms with Gasteiger partial charge in [-0.25, -0.2) is 0 Å². The monoisotopic (exact) mass is 361 g/mol. The molecule has 7 nitrogen and oxygen atoms in total. The van der Waals surface area contributed by atoms with Crippen molar-refractivity contribution in [1.82, 2.24) is 19.7 Å². The number of hydrogen-bond donors (Lipinski definition) is 1. The van der Waals surface area contributed by atoms with Gasteiger partial charge in [0.15, 0.2) is 5.16 Å². The van der Waals surface area contributed by atoms with Gasteiger partial charge < -0.3 is 19.9 Å². The fourth-order valence-corrected chi connectivity index (χ4v) is 3.36. The predicted molar refractivity (Wildman–Crippen MR) is 92.7 cm³/mol. The summed E-state index contributed by atoms with van der Waals surface area (Å²) in [5.41, 5.74) is 5.64. The first-order valence-corrected chi connectivity index (χ1v) is 8.32. The molecule has 1 fully saturated rings. The Balaban J connectivity index is 0.00000264. The van der Waals surface area contributed by atoms with Crippen LogP contribution < -0.4 is 5.73 Å². The minimum atomic E-state index is 0. The molecule has 2 rings (SSSR count). The molecular formula is C14H24ClN5O2S. The zero-order valence-corrected chi connectivity index (χ0v) is 15.1. The van der Waals surface area contributed by atoms with E-state index in [1.54, 1.807) is 6.08 Å². The van der Waals surface area contributed by atoms with Gasteiger partial charge in [0.2, 0.25) is 5.91 Å². The summed E-state index contributed by atoms with van der Waals surface area (Å²) in [7, 11) is 0. The Morgan fingerprint density at radius 1 is 1.43 bits per heavy atom. The van der Waals surface area contributed by atoms with Crippen molar-refractivity contribution in [2.45, 2.75) is 44.3 Å². The third kappa shape index (κ3) is 5.20. The highest BCUT2D eigenvalue weighted by atomic mass is 35.5. The number of thioether (sulfide) groups is 1. The zero-order chi connectivity index (χ0) is 16.1. The topological polar surface area (TPSA) is 86.3 Å². The van der Waals surface area contributed by atoms with Crippen molar-refractivity contribution in [3.63, 3.8) is 0 Å². The van der Waals surface area contributed by atoms with E-state index >= 15 is 0 Å². The number of carbonyl (C=O) groups excluding carboxylic acids is 1. The first-order chi connectivity index (χ1) is 10.5. The van der Waals surface area contributed by atoms with Crippen LogP contribution in [0.2, 0.25) is 0 Å². The maximum atomic E-state index is 12.4. The second-order valence-corrected chi connectivity index (χ2v) is 6.29. The van der Waals surface area contributed by atoms with Crippen LogP contribution in [0.5, 0.6) is 0 Å². The van der Waals surface area contributed by atoms with Gasteiger partial charge in [-0.15, -0.1) is 29.2 Å². The van der Waals surface area contributed by atoms with Crippen LogP contribution in [-0.4, -0.2) is 56.6 Å². The van der Waals surface area contributed by atoms with Gasteiger partial charge in [-0.1, -0.05) is 17.8 Å². The van der Waals surface area contributed by atoms with Gasteiger partial charge in [0, 0.05) is 19.6 Å². The number of nitrogens with zero attached hydrogens (tertiary/aromatic N) is 4. The second-order valence-electron chi connectivity index (χ2n) is 5.35. The molecule has 23 heavy (non-hydrogen) atoms. The maximum Gasteiger partial charge on any atom is 0.233 e. The summed E-state index contributed by atoms with van der Waals surface area (Å²) in [6, 6.07) is 0. The number of amides is 1. The first kappa shape index (κ1) is 20.0. The molecule has 9 heteroatoms. The Morgan fingerprint density at radius 2 is 2.09 bits per heavy atom. The van der Waals surface area contributed by atoms with Gasteiger partial charge in [0.05, 0.1) is 24.5 Å². The number of carbonyl (C=O) groups is 1. The summed E-state index contributed by atoms with van der Waals surface area (Å²) in [6.07, 6.45) is 1.91. The van der Waals surface area contributed by atoms with Crippen molar-refractivity contribution in [1.29, 1.82) is 0 Å². The minimum Gasteiger partial charge on any atom is -0.372 e. The Bertz CT molecular complexity index is 529. The van der Waals surface area contributed by atoms with Gasteiger partial charge in [-0.05, 0) is 13.8 Å². The summed E-state index contributed by atoms with van der Waals surface area (Å²) in [6.45, 7) is 9.86. The highest BCUT2D eigenvalue weighted by Crippen LogP contribution is 2.19. The van der Waals surface area contributed by atoms with E-state index in [4.69, 9.17) is 10.5 Å². The van der Waals surface area contributed by atoms with Crippen LogP contribution in [0.15, 0.2) is 17.8 Å². The molecule has 0 radical (unpaired) electrons. The summed E-state index contributed by atoms with van der Waals surface area (Å²) >= 11 is 1.38. The van der Waals surface area contributed by atoms with Crippen molar-refractivity contribution in [2.24, 2.45) is 5.73 Å². The van der Waals surface area contributed by atoms with Crippen LogP contribution in [-0.2, 0) is 22.6 Å². The molecule has 1 aliphatic rings. The lowest BCUT2D eigenvalue weighted by atomic mass is 10.2. The summed E-state index contributed by atoms with van der Waals surface area (Å²) in [5.74, 6) is 1.12. The minimum absolute atomic E-state index is 0. The SMILES string of the molecule is C=CCn1c(CN)nnc1SCC(=O)N1C[C@@H](C)O[C@@H](C)C1.Cl. The molecule has 1 aromatic rings. The zero-order valence-electron chi connectivity index (χ0n) is 13.5. The fourth-order valence-electron chi connectivity index (χ4n) is 2.49. The smallest absolute Gasteiger partial charge is 0.233 e. The number of halogens is 1. The highest BCUT2D eigenvalue weighted by molar-refractivity contribution is 7.99. The molecular weight excluding hydrogens is 338 g/mol. The second kappa shape index (κ2) is 9.27. The largest absolute Gasteiger partial charge is 0.372 e. The molecule has 0 aromatic carbocycles. The fraction of sp³-hybridized carbons (Fsp3) is 0.643. The van der Waals surface area contributed by atoms with E-state index in [1.807, 2.05) is 23.3 Å². The van der Waals surface area contributed by atoms with Crippen molar-refractivity contribution in [2.75, 3.05) is 18.8 Å². The van der Waals surface area contributed by atoms with Crippen LogP contribution in [0.3, 0.4) is 0 Å². The molecule has 0 saturated carbocycles. The van der Waals surface area contributed by atoms with E-state index in [9.17, 15) is 4.79 Å². The van der Waals surface area contributed by atoms with E-state index in [1.165, 1.54) is 11.8 Å². The third-order valence-electron chi connectivity index (χ3n) is 3.38. The van der Waals surface area contributed by atoms with E-state index in [0.717, 1.165) is 0 Å². The molecule has 2 atom stereocenters. The van der Waals surface area contributed by atoms with Gasteiger partial charge >= 0.3 is 0 Å². The number of morpholine rings is 1. The van der Waals surface area contributed by atoms with Gasteiger partial charge in [0.1, 0.15) is 5.82 Å². The van der Waals surface area contributed by atoms with Gasteiger partial charge in [0.25, 0.3) is 0 Å². The number of hydrogen-bond acceptors (Lipinski definition) is 6. The van der Waals surface area contributed by atoms with E-state index in [2.05, 4.69) is 16.8 Å². The quantitative estimate of drug-likeness (QED) is 0.602. The Morgan fingerprint density at radius 3 is 2.65 bits per heavy atom. The Kier molecular flexibility index (Phi) is 8.04. The Labute approximate surface area is 147 Å². The van der Waals surface area contributed by atoms with Crippen molar-refractivity contribution < 1.29 is 9.53 Å². The summed E-state index contributed by atoms with van der Waals surface area (Å²) in [4.78, 5) is 14.2. The van der Waals surface area contributed by atoms with Crippen LogP contribution in [0, 0.1) is 0 Å². The highest BCUT2D eigenvalue weighted by Gasteiger charge is 2.26. The first-order valence-electron chi connectivity index (χ1n) is 7.34. The molecule has 1 aliphatic heterocycles. The third-order valence-corrected chi connectivity index (χ3v) is 4.34. The Hall–Kier alpha value is -1.09. The number of allylic oxidation sites excluding steroid dienone is 1. The number of nitrogens with two attached hydrogens (primary N) is 1. The summed E-state index contributed by atoms with van der Waals surface area (Å²) < 4.78 is 7.53. The van der Waals surface area contributed by atoms with Crippen LogP contribution in [0.4, 0.5) is 0 Å². The molecule has 0 spiro atoms. The number of rotatable bonds is 6. The average Bonchev–Trinajstić information content (AvgIpc) is 2.86. The predicted octanol–water partition coefficient (Wildman–Crippen LogP) is 1.07. The van der Waals surface area contributed by atoms with Crippen molar-refractivity contribution >= 4 is 30.1 Å². The molecule has 0 bridgehead atoms. The van der Waals surface area contributed by atoms with Crippen LogP contribution in [0.1, 0.15) is 19.7 Å². The van der Waals surface area contributed by atoms with E-state index in [0.29, 0.717) is 42.9 Å². The van der Waals surface area contributed by atoms with Crippen molar-refractivity contribution in [3.8, 4) is 0 Å². The molecule has 2 N–H and O–H groups in total. The van der Waals surface area contributed by atoms with Crippen LogP contribution in [0.25, 0.3) is 0 Å². The summed E-state index contributed by atoms with van der Waals surface area (Å²) in [5, 5.41) is 8.84. The number of aromatic nitrogens is 3. The molecule has 1 aromatic heterocycles. The van der Waals surface area contributed by atoms with E-state index in [-0.39, 0.29) is 30.5 Å². The lowest BCUT2D eigenvalue weighted by Crippen LogP contribution is -2.48. The number of ether oxygens (including phenoxy) is 1. The molecule has 1 saturated heterocycles. The molecule has 0 aliphatic carbocycles. The molecule has 130 valence electrons. The van der Waals surface area contributed by atoms with Crippen molar-refractivity contribution in [3.05, 3.63) is 18.5 Å². The maximum absolute atomic E-state index is 12.4. The standard InChI is InChI=1S/C14H23N5O2S.ClH/c1-4-5-19-12(6-15)16-17-14(19)22-9-13(20)18-7-10(2)21-11(3)8-18;/h4,10-11H,1,5-9,15H2,2-3H3;1H/t10-,11+;. The lowest BCUT2D eigenvalue weighted by molar-refractivity contribution is -0.140. The normalized spacial score (nSPS) is 20.9. The van der Waals surface area contributed by atoms with E-state index < -0.39 is 0 Å². The van der Waals surface area contributed by atoms with Crippen LogP contribution >= 0.6 is 24.2 Å². The average molecular weight is 362 g/mol. The molecule has 0 unspecified atom stereocenters. The molecule has 1 amide bonds.